The van der Waals surface area contributed by atoms with Gasteiger partial charge in [0.15, 0.2) is 0 Å². The van der Waals surface area contributed by atoms with Crippen molar-refractivity contribution in [3.63, 3.8) is 0 Å². The van der Waals surface area contributed by atoms with Crippen LogP contribution in [0.1, 0.15) is 6.42 Å². The summed E-state index contributed by atoms with van der Waals surface area (Å²) in [7, 11) is -7.19. The predicted molar refractivity (Wildman–Crippen MR) is 62.6 cm³/mol. The Labute approximate surface area is 160 Å². The Hall–Kier alpha value is -2.35. The molecule has 21 heteroatoms. The second-order valence-corrected chi connectivity index (χ2v) is 7.53. The Morgan fingerprint density at radius 3 is 1.00 bits per heavy atom. The molecule has 0 fully saturated rings. The van der Waals surface area contributed by atoms with Gasteiger partial charge in [0.25, 0.3) is 0 Å². The molecule has 0 aromatic rings. The summed E-state index contributed by atoms with van der Waals surface area (Å²) in [5, 5.41) is 0. The van der Waals surface area contributed by atoms with Crippen LogP contribution in [-0.4, -0.2) is 57.3 Å². The van der Waals surface area contributed by atoms with Crippen molar-refractivity contribution in [2.24, 2.45) is 0 Å². The van der Waals surface area contributed by atoms with Crippen LogP contribution in [0, 0.1) is 0 Å². The third kappa shape index (κ3) is 8.36. The van der Waals surface area contributed by atoms with Gasteiger partial charge < -0.3 is 13.3 Å². The van der Waals surface area contributed by atoms with Crippen molar-refractivity contribution in [1.29, 1.82) is 0 Å². The minimum atomic E-state index is -7.19. The van der Waals surface area contributed by atoms with Gasteiger partial charge in [0.1, 0.15) is 0 Å². The highest BCUT2D eigenvalue weighted by molar-refractivity contribution is 6.66. The van der Waals surface area contributed by atoms with Crippen molar-refractivity contribution in [1.82, 2.24) is 0 Å². The van der Waals surface area contributed by atoms with Gasteiger partial charge in [-0.05, 0) is 0 Å². The number of alkyl halides is 14. The number of rotatable bonds is 6. The summed E-state index contributed by atoms with van der Waals surface area (Å²) in [6.45, 7) is 0. The lowest BCUT2D eigenvalue weighted by Gasteiger charge is -2.29. The van der Waals surface area contributed by atoms with E-state index in [4.69, 9.17) is 0 Å². The monoisotopic (exact) mass is 514 g/mol. The average Bonchev–Trinajstić information content (AvgIpc) is 2.49. The standard InChI is InChI=1S/C10H4F14O6Si/c11-6(12,10(22,23)24)1-2-31(28-3(25)7(13,14)15,29-4(26)8(16,17)18)30-5(27)9(19,20)21/h1-2H2. The largest absolute Gasteiger partial charge is 0.706 e. The molecule has 0 unspecified atom stereocenters. The summed E-state index contributed by atoms with van der Waals surface area (Å²) in [4.78, 5) is 32.4. The first-order valence-corrected chi connectivity index (χ1v) is 8.62. The van der Waals surface area contributed by atoms with Gasteiger partial charge in [-0.15, -0.1) is 0 Å². The fourth-order valence-corrected chi connectivity index (χ4v) is 3.51. The van der Waals surface area contributed by atoms with Crippen LogP contribution in [0.3, 0.4) is 0 Å². The molecule has 182 valence electrons. The lowest BCUT2D eigenvalue weighted by molar-refractivity contribution is -0.283. The Morgan fingerprint density at radius 1 is 0.548 bits per heavy atom. The smallest absolute Gasteiger partial charge is 0.448 e. The Morgan fingerprint density at radius 2 is 0.806 bits per heavy atom. The summed E-state index contributed by atoms with van der Waals surface area (Å²) < 4.78 is 182. The SMILES string of the molecule is O=C(O[Si](CCC(F)(F)C(F)(F)F)(OC(=O)C(F)(F)F)OC(=O)C(F)(F)F)C(F)(F)F. The predicted octanol–water partition coefficient (Wildman–Crippen LogP) is 3.83. The average molecular weight is 514 g/mol. The molecule has 0 aliphatic carbocycles. The number of carbonyl (C=O) groups is 3. The maximum atomic E-state index is 13.0. The van der Waals surface area contributed by atoms with E-state index in [0.717, 1.165) is 0 Å². The minimum absolute atomic E-state index is 2.80. The molecule has 0 bridgehead atoms. The molecular formula is C10H4F14O6Si. The molecular weight excluding hydrogens is 510 g/mol. The minimum Gasteiger partial charge on any atom is -0.448 e. The number of hydrogen-bond acceptors (Lipinski definition) is 6. The van der Waals surface area contributed by atoms with Crippen LogP contribution in [0.5, 0.6) is 0 Å². The van der Waals surface area contributed by atoms with E-state index in [1.807, 2.05) is 0 Å². The van der Waals surface area contributed by atoms with Crippen LogP contribution in [-0.2, 0) is 27.7 Å². The molecule has 0 aliphatic rings. The summed E-state index contributed by atoms with van der Waals surface area (Å²) in [6, 6.07) is -2.80. The molecule has 0 aliphatic heterocycles. The Kier molecular flexibility index (Phi) is 7.99. The van der Waals surface area contributed by atoms with Gasteiger partial charge in [0.2, 0.25) is 0 Å². The van der Waals surface area contributed by atoms with Crippen LogP contribution >= 0.6 is 0 Å². The second-order valence-electron chi connectivity index (χ2n) is 5.05. The van der Waals surface area contributed by atoms with E-state index in [1.165, 1.54) is 0 Å². The van der Waals surface area contributed by atoms with E-state index in [9.17, 15) is 75.8 Å². The van der Waals surface area contributed by atoms with E-state index >= 15 is 0 Å². The highest BCUT2D eigenvalue weighted by Crippen LogP contribution is 2.41. The molecule has 0 heterocycles. The molecule has 0 N–H and O–H groups in total. The quantitative estimate of drug-likeness (QED) is 0.396. The normalized spacial score (nSPS) is 14.1. The van der Waals surface area contributed by atoms with Crippen LogP contribution in [0.2, 0.25) is 6.04 Å². The molecule has 0 spiro atoms. The van der Waals surface area contributed by atoms with Gasteiger partial charge in [-0.3, -0.25) is 0 Å². The van der Waals surface area contributed by atoms with E-state index in [0.29, 0.717) is 0 Å². The van der Waals surface area contributed by atoms with E-state index in [-0.39, 0.29) is 0 Å². The van der Waals surface area contributed by atoms with Crippen molar-refractivity contribution in [3.8, 4) is 0 Å². The molecule has 0 amide bonds. The van der Waals surface area contributed by atoms with Crippen molar-refractivity contribution in [3.05, 3.63) is 0 Å². The van der Waals surface area contributed by atoms with Gasteiger partial charge >= 0.3 is 57.3 Å². The van der Waals surface area contributed by atoms with Crippen LogP contribution in [0.15, 0.2) is 0 Å². The topological polar surface area (TPSA) is 78.9 Å². The maximum absolute atomic E-state index is 13.0. The van der Waals surface area contributed by atoms with Crippen LogP contribution in [0.4, 0.5) is 61.5 Å². The molecule has 0 rings (SSSR count). The third-order valence-corrected chi connectivity index (χ3v) is 4.95. The molecule has 0 saturated heterocycles. The highest BCUT2D eigenvalue weighted by Gasteiger charge is 2.66. The van der Waals surface area contributed by atoms with E-state index < -0.39 is 69.8 Å². The van der Waals surface area contributed by atoms with E-state index in [2.05, 4.69) is 13.3 Å². The molecule has 0 atom stereocenters. The van der Waals surface area contributed by atoms with Crippen molar-refractivity contribution in [2.45, 2.75) is 43.1 Å². The van der Waals surface area contributed by atoms with Gasteiger partial charge in [-0.25, -0.2) is 14.4 Å². The first-order valence-electron chi connectivity index (χ1n) is 6.69. The third-order valence-electron chi connectivity index (χ3n) is 2.60. The summed E-state index contributed by atoms with van der Waals surface area (Å²) in [5.74, 6) is -17.5. The molecule has 0 saturated carbocycles. The Balaban J connectivity index is 6.42. The number of hydrogen-bond donors (Lipinski definition) is 0. The zero-order valence-electron chi connectivity index (χ0n) is 13.7. The molecule has 31 heavy (non-hydrogen) atoms. The summed E-state index contributed by atoms with van der Waals surface area (Å²) >= 11 is 0. The van der Waals surface area contributed by atoms with Gasteiger partial charge in [0.05, 0.1) is 6.04 Å². The zero-order chi connectivity index (χ0) is 25.3. The Bertz CT molecular complexity index is 620. The van der Waals surface area contributed by atoms with Crippen molar-refractivity contribution in [2.75, 3.05) is 0 Å². The maximum Gasteiger partial charge on any atom is 0.706 e. The zero-order valence-corrected chi connectivity index (χ0v) is 14.7. The highest BCUT2D eigenvalue weighted by atomic mass is 28.4. The van der Waals surface area contributed by atoms with Crippen molar-refractivity contribution < 1.29 is 89.1 Å². The number of halogens is 14. The van der Waals surface area contributed by atoms with Crippen molar-refractivity contribution >= 4 is 26.7 Å². The molecule has 0 radical (unpaired) electrons. The lowest BCUT2D eigenvalue weighted by Crippen LogP contribution is -2.56. The molecule has 6 nitrogen and oxygen atoms in total. The van der Waals surface area contributed by atoms with Gasteiger partial charge in [-0.2, -0.15) is 61.5 Å². The molecule has 0 aromatic carbocycles. The fraction of sp³-hybridized carbons (Fsp3) is 0.700. The lowest BCUT2D eigenvalue weighted by atomic mass is 10.2. The summed E-state index contributed by atoms with van der Waals surface area (Å²) in [5.41, 5.74) is 0. The molecule has 0 aromatic heterocycles. The number of carbonyl (C=O) groups excluding carboxylic acids is 3. The van der Waals surface area contributed by atoms with Crippen LogP contribution in [0.25, 0.3) is 0 Å². The first-order chi connectivity index (χ1) is 13.3. The summed E-state index contributed by atoms with van der Waals surface area (Å²) in [6.07, 6.45) is -28.5. The fourth-order valence-electron chi connectivity index (χ4n) is 1.26. The second kappa shape index (κ2) is 8.65. The van der Waals surface area contributed by atoms with Gasteiger partial charge in [-0.1, -0.05) is 0 Å². The van der Waals surface area contributed by atoms with Crippen LogP contribution < -0.4 is 0 Å². The van der Waals surface area contributed by atoms with Gasteiger partial charge in [0, 0.05) is 6.42 Å². The first kappa shape index (κ1) is 28.6. The van der Waals surface area contributed by atoms with E-state index in [1.54, 1.807) is 0 Å².